The Bertz CT molecular complexity index is 516. The maximum Gasteiger partial charge on any atom is 0.243 e. The number of hydrogen-bond acceptors (Lipinski definition) is 4. The molecule has 0 spiro atoms. The molecule has 1 aliphatic rings. The van der Waals surface area contributed by atoms with E-state index in [1.165, 1.54) is 16.4 Å². The topological polar surface area (TPSA) is 58.6 Å². The van der Waals surface area contributed by atoms with Crippen LogP contribution in [0.3, 0.4) is 0 Å². The molecule has 1 heterocycles. The SMILES string of the molecule is CNCC1CN(S(=O)(=O)c2ccc(Cl)cc2)CCO1. The summed E-state index contributed by atoms with van der Waals surface area (Å²) in [4.78, 5) is 0.266. The van der Waals surface area contributed by atoms with E-state index < -0.39 is 10.0 Å². The lowest BCUT2D eigenvalue weighted by atomic mass is 10.3. The molecule has 1 atom stereocenters. The van der Waals surface area contributed by atoms with Crippen LogP contribution in [0, 0.1) is 0 Å². The highest BCUT2D eigenvalue weighted by molar-refractivity contribution is 7.89. The van der Waals surface area contributed by atoms with Crippen molar-refractivity contribution < 1.29 is 13.2 Å². The predicted octanol–water partition coefficient (Wildman–Crippen LogP) is 0.949. The van der Waals surface area contributed by atoms with Crippen molar-refractivity contribution in [3.05, 3.63) is 29.3 Å². The van der Waals surface area contributed by atoms with Gasteiger partial charge in [-0.3, -0.25) is 0 Å². The Balaban J connectivity index is 2.17. The molecule has 5 nitrogen and oxygen atoms in total. The maximum absolute atomic E-state index is 12.5. The standard InChI is InChI=1S/C12H17ClN2O3S/c1-14-8-11-9-15(6-7-18-11)19(16,17)12-4-2-10(13)3-5-12/h2-5,11,14H,6-9H2,1H3. The maximum atomic E-state index is 12.5. The zero-order chi connectivity index (χ0) is 13.9. The first-order valence-electron chi connectivity index (χ1n) is 6.06. The molecule has 1 saturated heterocycles. The van der Waals surface area contributed by atoms with Crippen LogP contribution < -0.4 is 5.32 Å². The second kappa shape index (κ2) is 6.19. The number of halogens is 1. The number of nitrogens with zero attached hydrogens (tertiary/aromatic N) is 1. The van der Waals surface area contributed by atoms with Crippen molar-refractivity contribution in [2.45, 2.75) is 11.0 Å². The molecule has 1 aromatic carbocycles. The number of morpholine rings is 1. The van der Waals surface area contributed by atoms with Crippen LogP contribution in [0.25, 0.3) is 0 Å². The van der Waals surface area contributed by atoms with Crippen LogP contribution in [0.15, 0.2) is 29.2 Å². The Morgan fingerprint density at radius 1 is 1.42 bits per heavy atom. The Kier molecular flexibility index (Phi) is 4.81. The minimum Gasteiger partial charge on any atom is -0.374 e. The molecule has 7 heteroatoms. The molecule has 106 valence electrons. The summed E-state index contributed by atoms with van der Waals surface area (Å²) >= 11 is 5.78. The van der Waals surface area contributed by atoms with Crippen LogP contribution >= 0.6 is 11.6 Å². The highest BCUT2D eigenvalue weighted by atomic mass is 35.5. The van der Waals surface area contributed by atoms with Gasteiger partial charge in [0.2, 0.25) is 10.0 Å². The van der Waals surface area contributed by atoms with E-state index in [1.807, 2.05) is 7.05 Å². The Labute approximate surface area is 118 Å². The average Bonchev–Trinajstić information content (AvgIpc) is 2.40. The summed E-state index contributed by atoms with van der Waals surface area (Å²) in [7, 11) is -1.65. The number of rotatable bonds is 4. The van der Waals surface area contributed by atoms with Crippen molar-refractivity contribution >= 4 is 21.6 Å². The van der Waals surface area contributed by atoms with Gasteiger partial charge in [-0.2, -0.15) is 4.31 Å². The summed E-state index contributed by atoms with van der Waals surface area (Å²) in [6.07, 6.45) is -0.110. The lowest BCUT2D eigenvalue weighted by Crippen LogP contribution is -2.48. The van der Waals surface area contributed by atoms with Gasteiger partial charge in [-0.15, -0.1) is 0 Å². The van der Waals surface area contributed by atoms with E-state index in [0.717, 1.165) is 0 Å². The lowest BCUT2D eigenvalue weighted by Gasteiger charge is -2.32. The first-order chi connectivity index (χ1) is 9.04. The number of sulfonamides is 1. The predicted molar refractivity (Wildman–Crippen MR) is 73.9 cm³/mol. The van der Waals surface area contributed by atoms with Gasteiger partial charge in [0.25, 0.3) is 0 Å². The highest BCUT2D eigenvalue weighted by Gasteiger charge is 2.30. The molecule has 0 bridgehead atoms. The van der Waals surface area contributed by atoms with Crippen LogP contribution in [0.1, 0.15) is 0 Å². The molecule has 1 aromatic rings. The first kappa shape index (κ1) is 14.7. The smallest absolute Gasteiger partial charge is 0.243 e. The van der Waals surface area contributed by atoms with E-state index in [-0.39, 0.29) is 11.0 Å². The zero-order valence-corrected chi connectivity index (χ0v) is 12.2. The molecule has 0 aliphatic carbocycles. The minimum atomic E-state index is -3.46. The van der Waals surface area contributed by atoms with Crippen LogP contribution in [-0.2, 0) is 14.8 Å². The van der Waals surface area contributed by atoms with Gasteiger partial charge >= 0.3 is 0 Å². The molecule has 1 fully saturated rings. The number of ether oxygens (including phenoxy) is 1. The quantitative estimate of drug-likeness (QED) is 0.900. The molecule has 2 rings (SSSR count). The van der Waals surface area contributed by atoms with Gasteiger partial charge in [-0.1, -0.05) is 11.6 Å². The molecule has 0 amide bonds. The monoisotopic (exact) mass is 304 g/mol. The van der Waals surface area contributed by atoms with E-state index in [9.17, 15) is 8.42 Å². The van der Waals surface area contributed by atoms with Crippen molar-refractivity contribution in [3.63, 3.8) is 0 Å². The van der Waals surface area contributed by atoms with Crippen molar-refractivity contribution in [2.24, 2.45) is 0 Å². The van der Waals surface area contributed by atoms with E-state index >= 15 is 0 Å². The molecule has 1 aliphatic heterocycles. The third-order valence-electron chi connectivity index (χ3n) is 2.98. The van der Waals surface area contributed by atoms with Crippen LogP contribution in [-0.4, -0.2) is 52.1 Å². The molecule has 19 heavy (non-hydrogen) atoms. The fourth-order valence-electron chi connectivity index (χ4n) is 2.02. The van der Waals surface area contributed by atoms with E-state index in [1.54, 1.807) is 12.1 Å². The Morgan fingerprint density at radius 3 is 2.74 bits per heavy atom. The molecular formula is C12H17ClN2O3S. The van der Waals surface area contributed by atoms with Gasteiger partial charge in [0.1, 0.15) is 0 Å². The highest BCUT2D eigenvalue weighted by Crippen LogP contribution is 2.20. The number of nitrogens with one attached hydrogen (secondary N) is 1. The van der Waals surface area contributed by atoms with Crippen LogP contribution in [0.2, 0.25) is 5.02 Å². The zero-order valence-electron chi connectivity index (χ0n) is 10.7. The third kappa shape index (κ3) is 3.46. The first-order valence-corrected chi connectivity index (χ1v) is 7.88. The van der Waals surface area contributed by atoms with Crippen molar-refractivity contribution in [1.29, 1.82) is 0 Å². The summed E-state index contributed by atoms with van der Waals surface area (Å²) in [6.45, 7) is 1.79. The van der Waals surface area contributed by atoms with Crippen molar-refractivity contribution in [1.82, 2.24) is 9.62 Å². The van der Waals surface area contributed by atoms with Gasteiger partial charge in [-0.25, -0.2) is 8.42 Å². The van der Waals surface area contributed by atoms with Crippen LogP contribution in [0.5, 0.6) is 0 Å². The summed E-state index contributed by atoms with van der Waals surface area (Å²) in [5.41, 5.74) is 0. The van der Waals surface area contributed by atoms with E-state index in [2.05, 4.69) is 5.32 Å². The molecule has 0 radical (unpaired) electrons. The summed E-state index contributed by atoms with van der Waals surface area (Å²) in [6, 6.07) is 6.22. The summed E-state index contributed by atoms with van der Waals surface area (Å²) < 4.78 is 31.9. The Hall–Kier alpha value is -0.660. The molecule has 1 N–H and O–H groups in total. The third-order valence-corrected chi connectivity index (χ3v) is 5.12. The molecule has 0 aromatic heterocycles. The number of benzene rings is 1. The normalized spacial score (nSPS) is 21.5. The van der Waals surface area contributed by atoms with Crippen LogP contribution in [0.4, 0.5) is 0 Å². The Morgan fingerprint density at radius 2 is 2.11 bits per heavy atom. The number of likely N-dealkylation sites (N-methyl/N-ethyl adjacent to an activating group) is 1. The second-order valence-corrected chi connectivity index (χ2v) is 6.74. The van der Waals surface area contributed by atoms with Gasteiger partial charge in [-0.05, 0) is 31.3 Å². The number of hydrogen-bond donors (Lipinski definition) is 1. The fraction of sp³-hybridized carbons (Fsp3) is 0.500. The van der Waals surface area contributed by atoms with Gasteiger partial charge in [0.15, 0.2) is 0 Å². The minimum absolute atomic E-state index is 0.110. The second-order valence-electron chi connectivity index (χ2n) is 4.37. The van der Waals surface area contributed by atoms with E-state index in [4.69, 9.17) is 16.3 Å². The molecular weight excluding hydrogens is 288 g/mol. The van der Waals surface area contributed by atoms with Gasteiger partial charge in [0.05, 0.1) is 17.6 Å². The van der Waals surface area contributed by atoms with Crippen molar-refractivity contribution in [2.75, 3.05) is 33.3 Å². The molecule has 1 unspecified atom stereocenters. The largest absolute Gasteiger partial charge is 0.374 e. The molecule has 0 saturated carbocycles. The average molecular weight is 305 g/mol. The van der Waals surface area contributed by atoms with Gasteiger partial charge < -0.3 is 10.1 Å². The fourth-order valence-corrected chi connectivity index (χ4v) is 3.60. The van der Waals surface area contributed by atoms with Crippen molar-refractivity contribution in [3.8, 4) is 0 Å². The summed E-state index contributed by atoms with van der Waals surface area (Å²) in [5.74, 6) is 0. The van der Waals surface area contributed by atoms with Gasteiger partial charge in [0, 0.05) is 24.7 Å². The summed E-state index contributed by atoms with van der Waals surface area (Å²) in [5, 5.41) is 3.51. The lowest BCUT2D eigenvalue weighted by molar-refractivity contribution is 0.000824. The van der Waals surface area contributed by atoms with E-state index in [0.29, 0.717) is 31.3 Å².